The molecule has 0 bridgehead atoms. The van der Waals surface area contributed by atoms with Crippen LogP contribution in [0.25, 0.3) is 0 Å². The highest BCUT2D eigenvalue weighted by Crippen LogP contribution is 2.62. The van der Waals surface area contributed by atoms with Gasteiger partial charge in [-0.2, -0.15) is 0 Å². The maximum absolute atomic E-state index is 5.98. The molecule has 1 aliphatic rings. The summed E-state index contributed by atoms with van der Waals surface area (Å²) in [7, 11) is 0. The number of nitrogens with one attached hydrogen (secondary N) is 1. The molecule has 0 aromatic heterocycles. The minimum atomic E-state index is 0.386. The van der Waals surface area contributed by atoms with Gasteiger partial charge in [-0.1, -0.05) is 45.4 Å². The van der Waals surface area contributed by atoms with Crippen molar-refractivity contribution in [2.45, 2.75) is 40.3 Å². The Hall–Kier alpha value is -0.0500. The van der Waals surface area contributed by atoms with Crippen LogP contribution in [0.15, 0.2) is 22.7 Å². The first kappa shape index (κ1) is 13.4. The standard InChI is InChI=1S/C14H19BrClN/c1-13(2)12(14(13,3)4)17-8-9-5-6-11(16)10(15)7-9/h5-7,12,17H,8H2,1-4H3. The summed E-state index contributed by atoms with van der Waals surface area (Å²) >= 11 is 9.43. The van der Waals surface area contributed by atoms with Crippen molar-refractivity contribution >= 4 is 27.5 Å². The van der Waals surface area contributed by atoms with E-state index >= 15 is 0 Å². The van der Waals surface area contributed by atoms with E-state index in [9.17, 15) is 0 Å². The van der Waals surface area contributed by atoms with Gasteiger partial charge in [0.25, 0.3) is 0 Å². The SMILES string of the molecule is CC1(C)C(NCc2ccc(Cl)c(Br)c2)C1(C)C. The minimum absolute atomic E-state index is 0.386. The molecule has 0 aliphatic heterocycles. The van der Waals surface area contributed by atoms with Crippen molar-refractivity contribution in [1.29, 1.82) is 0 Å². The van der Waals surface area contributed by atoms with Crippen LogP contribution in [-0.4, -0.2) is 6.04 Å². The summed E-state index contributed by atoms with van der Waals surface area (Å²) in [5, 5.41) is 4.40. The lowest BCUT2D eigenvalue weighted by molar-refractivity contribution is 0.457. The molecule has 0 unspecified atom stereocenters. The largest absolute Gasteiger partial charge is 0.309 e. The Bertz CT molecular complexity index is 426. The third kappa shape index (κ3) is 2.27. The van der Waals surface area contributed by atoms with E-state index in [2.05, 4.69) is 61.1 Å². The smallest absolute Gasteiger partial charge is 0.0548 e. The molecule has 2 rings (SSSR count). The molecule has 0 spiro atoms. The van der Waals surface area contributed by atoms with Crippen molar-refractivity contribution < 1.29 is 0 Å². The molecule has 0 atom stereocenters. The van der Waals surface area contributed by atoms with E-state index in [0.717, 1.165) is 16.0 Å². The quantitative estimate of drug-likeness (QED) is 0.857. The van der Waals surface area contributed by atoms with Gasteiger partial charge < -0.3 is 5.32 Å². The molecule has 1 aromatic rings. The molecular weight excluding hydrogens is 298 g/mol. The zero-order chi connectivity index (χ0) is 12.8. The van der Waals surface area contributed by atoms with Crippen molar-refractivity contribution in [3.63, 3.8) is 0 Å². The summed E-state index contributed by atoms with van der Waals surface area (Å²) in [6.07, 6.45) is 0. The first-order chi connectivity index (χ1) is 7.76. The predicted molar refractivity (Wildman–Crippen MR) is 77.3 cm³/mol. The van der Waals surface area contributed by atoms with Crippen LogP contribution in [0.1, 0.15) is 33.3 Å². The Morgan fingerprint density at radius 3 is 2.29 bits per heavy atom. The van der Waals surface area contributed by atoms with E-state index < -0.39 is 0 Å². The summed E-state index contributed by atoms with van der Waals surface area (Å²) in [4.78, 5) is 0. The minimum Gasteiger partial charge on any atom is -0.309 e. The van der Waals surface area contributed by atoms with Gasteiger partial charge in [0.05, 0.1) is 5.02 Å². The molecule has 1 N–H and O–H groups in total. The topological polar surface area (TPSA) is 12.0 Å². The molecule has 0 amide bonds. The molecule has 1 fully saturated rings. The third-order valence-electron chi connectivity index (χ3n) is 4.52. The summed E-state index contributed by atoms with van der Waals surface area (Å²) in [6.45, 7) is 10.2. The third-order valence-corrected chi connectivity index (χ3v) is 5.73. The van der Waals surface area contributed by atoms with Crippen LogP contribution in [-0.2, 0) is 6.54 Å². The highest BCUT2D eigenvalue weighted by molar-refractivity contribution is 9.10. The molecule has 0 radical (unpaired) electrons. The van der Waals surface area contributed by atoms with Crippen molar-refractivity contribution in [3.05, 3.63) is 33.3 Å². The van der Waals surface area contributed by atoms with Crippen LogP contribution in [0.2, 0.25) is 5.02 Å². The number of rotatable bonds is 3. The van der Waals surface area contributed by atoms with Gasteiger partial charge in [-0.3, -0.25) is 0 Å². The van der Waals surface area contributed by atoms with Gasteiger partial charge in [0.2, 0.25) is 0 Å². The van der Waals surface area contributed by atoms with E-state index in [1.807, 2.05) is 6.07 Å². The zero-order valence-corrected chi connectivity index (χ0v) is 13.1. The molecule has 17 heavy (non-hydrogen) atoms. The van der Waals surface area contributed by atoms with E-state index in [0.29, 0.717) is 16.9 Å². The van der Waals surface area contributed by atoms with Gasteiger partial charge in [0.1, 0.15) is 0 Å². The number of hydrogen-bond donors (Lipinski definition) is 1. The van der Waals surface area contributed by atoms with E-state index in [1.54, 1.807) is 0 Å². The van der Waals surface area contributed by atoms with Crippen molar-refractivity contribution in [2.24, 2.45) is 10.8 Å². The van der Waals surface area contributed by atoms with Gasteiger partial charge in [-0.15, -0.1) is 0 Å². The Kier molecular flexibility index (Phi) is 3.35. The van der Waals surface area contributed by atoms with Crippen molar-refractivity contribution in [3.8, 4) is 0 Å². The fourth-order valence-corrected chi connectivity index (χ4v) is 3.12. The van der Waals surface area contributed by atoms with E-state index in [4.69, 9.17) is 11.6 Å². The van der Waals surface area contributed by atoms with Crippen LogP contribution < -0.4 is 5.32 Å². The molecule has 3 heteroatoms. The van der Waals surface area contributed by atoms with Gasteiger partial charge >= 0.3 is 0 Å². The highest BCUT2D eigenvalue weighted by atomic mass is 79.9. The lowest BCUT2D eigenvalue weighted by atomic mass is 10.0. The average Bonchev–Trinajstić information content (AvgIpc) is 2.61. The molecule has 94 valence electrons. The first-order valence-corrected chi connectivity index (χ1v) is 7.11. The summed E-state index contributed by atoms with van der Waals surface area (Å²) in [6, 6.07) is 6.68. The lowest BCUT2D eigenvalue weighted by Gasteiger charge is -2.07. The average molecular weight is 317 g/mol. The van der Waals surface area contributed by atoms with Gasteiger partial charge in [-0.25, -0.2) is 0 Å². The Morgan fingerprint density at radius 2 is 1.82 bits per heavy atom. The molecule has 1 nitrogen and oxygen atoms in total. The Balaban J connectivity index is 1.98. The maximum atomic E-state index is 5.98. The molecular formula is C14H19BrClN. The fourth-order valence-electron chi connectivity index (χ4n) is 2.58. The summed E-state index contributed by atoms with van der Waals surface area (Å²) in [5.41, 5.74) is 2.03. The number of benzene rings is 1. The molecule has 1 aromatic carbocycles. The Labute approximate surface area is 117 Å². The second-order valence-corrected chi connectivity index (χ2v) is 7.27. The van der Waals surface area contributed by atoms with Crippen LogP contribution in [0.5, 0.6) is 0 Å². The summed E-state index contributed by atoms with van der Waals surface area (Å²) in [5.74, 6) is 0. The monoisotopic (exact) mass is 315 g/mol. The molecule has 0 heterocycles. The van der Waals surface area contributed by atoms with Gasteiger partial charge in [-0.05, 0) is 44.5 Å². The van der Waals surface area contributed by atoms with Crippen LogP contribution in [0.3, 0.4) is 0 Å². The second-order valence-electron chi connectivity index (χ2n) is 6.01. The second kappa shape index (κ2) is 4.25. The van der Waals surface area contributed by atoms with Gasteiger partial charge in [0, 0.05) is 17.1 Å². The summed E-state index contributed by atoms with van der Waals surface area (Å²) < 4.78 is 0.966. The molecule has 1 saturated carbocycles. The molecule has 0 saturated heterocycles. The Morgan fingerprint density at radius 1 is 1.24 bits per heavy atom. The van der Waals surface area contributed by atoms with Crippen molar-refractivity contribution in [1.82, 2.24) is 5.32 Å². The maximum Gasteiger partial charge on any atom is 0.0548 e. The zero-order valence-electron chi connectivity index (χ0n) is 10.8. The fraction of sp³-hybridized carbons (Fsp3) is 0.571. The van der Waals surface area contributed by atoms with E-state index in [1.165, 1.54) is 5.56 Å². The van der Waals surface area contributed by atoms with Crippen LogP contribution >= 0.6 is 27.5 Å². The highest BCUT2D eigenvalue weighted by Gasteiger charge is 2.64. The molecule has 1 aliphatic carbocycles. The van der Waals surface area contributed by atoms with Crippen LogP contribution in [0.4, 0.5) is 0 Å². The van der Waals surface area contributed by atoms with Gasteiger partial charge in [0.15, 0.2) is 0 Å². The van der Waals surface area contributed by atoms with E-state index in [-0.39, 0.29) is 0 Å². The van der Waals surface area contributed by atoms with Crippen LogP contribution in [0, 0.1) is 10.8 Å². The predicted octanol–water partition coefficient (Wildman–Crippen LogP) is 4.63. The normalized spacial score (nSPS) is 21.5. The van der Waals surface area contributed by atoms with Crippen molar-refractivity contribution in [2.75, 3.05) is 0 Å². The number of halogens is 2. The lowest BCUT2D eigenvalue weighted by Crippen LogP contribution is -2.21. The first-order valence-electron chi connectivity index (χ1n) is 5.94. The number of hydrogen-bond acceptors (Lipinski definition) is 1.